The minimum Gasteiger partial charge on any atom is -0.0961 e. The van der Waals surface area contributed by atoms with Crippen LogP contribution in [0.4, 0.5) is 0 Å². The topological polar surface area (TPSA) is 0 Å². The summed E-state index contributed by atoms with van der Waals surface area (Å²) in [5.41, 5.74) is 1.49. The van der Waals surface area contributed by atoms with Crippen LogP contribution in [0.15, 0.2) is 24.3 Å². The Kier molecular flexibility index (Phi) is 9.79. The zero-order valence-electron chi connectivity index (χ0n) is 15.9. The summed E-state index contributed by atoms with van der Waals surface area (Å²) in [6.45, 7) is 21.6. The molecule has 0 radical (unpaired) electrons. The van der Waals surface area contributed by atoms with E-state index in [0.717, 1.165) is 11.6 Å². The Hall–Kier alpha value is -0.0862. The van der Waals surface area contributed by atoms with Crippen LogP contribution in [0.1, 0.15) is 54.9 Å². The fraction of sp³-hybridized carbons (Fsp3) is 0.789. The first kappa shape index (κ1) is 20.9. The lowest BCUT2D eigenvalue weighted by Crippen LogP contribution is -2.53. The summed E-state index contributed by atoms with van der Waals surface area (Å²) in [7, 11) is -2.49. The van der Waals surface area contributed by atoms with Crippen LogP contribution in [0.2, 0.25) is 41.4 Å². The highest BCUT2D eigenvalue weighted by Crippen LogP contribution is 2.49. The molecule has 0 unspecified atom stereocenters. The lowest BCUT2D eigenvalue weighted by molar-refractivity contribution is 1.01. The number of allylic oxidation sites excluding steroid dienone is 3. The average molecular weight is 325 g/mol. The average Bonchev–Trinajstić information content (AvgIpc) is 2.54. The van der Waals surface area contributed by atoms with E-state index in [1.54, 1.807) is 0 Å². The lowest BCUT2D eigenvalue weighted by atomic mass is 10.3. The molecule has 0 aliphatic rings. The predicted molar refractivity (Wildman–Crippen MR) is 107 cm³/mol. The van der Waals surface area contributed by atoms with E-state index in [4.69, 9.17) is 0 Å². The molecule has 0 aromatic carbocycles. The van der Waals surface area contributed by atoms with E-state index in [1.165, 1.54) is 41.8 Å². The molecule has 0 atom stereocenters. The Morgan fingerprint density at radius 2 is 1.10 bits per heavy atom. The van der Waals surface area contributed by atoms with E-state index in [-0.39, 0.29) is 0 Å². The van der Waals surface area contributed by atoms with E-state index in [0.29, 0.717) is 0 Å². The molecule has 0 aliphatic carbocycles. The fourth-order valence-electron chi connectivity index (χ4n) is 4.53. The Morgan fingerprint density at radius 1 is 0.762 bits per heavy atom. The van der Waals surface area contributed by atoms with Gasteiger partial charge in [-0.15, -0.1) is 0 Å². The third kappa shape index (κ3) is 4.45. The van der Waals surface area contributed by atoms with Gasteiger partial charge in [-0.1, -0.05) is 109 Å². The van der Waals surface area contributed by atoms with Crippen LogP contribution in [0.3, 0.4) is 0 Å². The van der Waals surface area contributed by atoms with Gasteiger partial charge in [0.05, 0.1) is 16.1 Å². The zero-order valence-corrected chi connectivity index (χ0v) is 17.9. The van der Waals surface area contributed by atoms with Crippen molar-refractivity contribution in [3.8, 4) is 0 Å². The normalized spacial score (nSPS) is 13.3. The van der Waals surface area contributed by atoms with Gasteiger partial charge in [-0.3, -0.25) is 0 Å². The van der Waals surface area contributed by atoms with Crippen molar-refractivity contribution >= 4 is 16.1 Å². The van der Waals surface area contributed by atoms with Crippen molar-refractivity contribution in [2.24, 2.45) is 0 Å². The van der Waals surface area contributed by atoms with E-state index in [2.05, 4.69) is 67.2 Å². The smallest absolute Gasteiger partial charge is 0.0576 e. The van der Waals surface area contributed by atoms with Gasteiger partial charge in [0.1, 0.15) is 0 Å². The van der Waals surface area contributed by atoms with Gasteiger partial charge in [0.15, 0.2) is 0 Å². The molecule has 0 aromatic heterocycles. The van der Waals surface area contributed by atoms with Crippen molar-refractivity contribution in [2.75, 3.05) is 0 Å². The van der Waals surface area contributed by atoms with Gasteiger partial charge < -0.3 is 0 Å². The fourth-order valence-corrected chi connectivity index (χ4v) is 20.6. The third-order valence-corrected chi connectivity index (χ3v) is 21.7. The summed E-state index contributed by atoms with van der Waals surface area (Å²) in [5.74, 6) is 0. The van der Waals surface area contributed by atoms with Crippen LogP contribution in [0.5, 0.6) is 0 Å². The first-order valence-electron chi connectivity index (χ1n) is 9.32. The summed E-state index contributed by atoms with van der Waals surface area (Å²) in [5, 5.41) is 0.882. The molecule has 0 aliphatic heterocycles. The van der Waals surface area contributed by atoms with Gasteiger partial charge in [0.25, 0.3) is 0 Å². The van der Waals surface area contributed by atoms with Crippen LogP contribution in [0, 0.1) is 0 Å². The van der Waals surface area contributed by atoms with Crippen molar-refractivity contribution in [2.45, 2.75) is 96.3 Å². The molecule has 0 nitrogen and oxygen atoms in total. The number of hydrogen-bond donors (Lipinski definition) is 0. The molecule has 0 spiro atoms. The molecule has 0 saturated heterocycles. The lowest BCUT2D eigenvalue weighted by Gasteiger charge is -2.49. The second-order valence-corrected chi connectivity index (χ2v) is 18.1. The molecule has 0 saturated carbocycles. The number of hydrogen-bond acceptors (Lipinski definition) is 0. The molecule has 2 heteroatoms. The second kappa shape index (κ2) is 9.83. The molecule has 124 valence electrons. The predicted octanol–water partition coefficient (Wildman–Crippen LogP) is 7.44. The van der Waals surface area contributed by atoms with Crippen molar-refractivity contribution in [1.82, 2.24) is 0 Å². The van der Waals surface area contributed by atoms with Crippen molar-refractivity contribution in [3.63, 3.8) is 0 Å². The van der Waals surface area contributed by atoms with Crippen LogP contribution in [-0.2, 0) is 0 Å². The first-order chi connectivity index (χ1) is 9.97. The van der Waals surface area contributed by atoms with E-state index in [1.807, 2.05) is 0 Å². The van der Waals surface area contributed by atoms with E-state index < -0.39 is 16.1 Å². The Bertz CT molecular complexity index is 286. The van der Waals surface area contributed by atoms with Crippen molar-refractivity contribution in [3.05, 3.63) is 24.3 Å². The Morgan fingerprint density at radius 3 is 1.33 bits per heavy atom. The standard InChI is InChI=1S/C19H40Si2/c1-9-16-17-18(8)19(20(10-2,11-3)12-4)21(13-5,14-6)15-7/h16-17,19H,8-15H2,1-7H3/b17-16+. The highest BCUT2D eigenvalue weighted by Gasteiger charge is 2.48. The van der Waals surface area contributed by atoms with Gasteiger partial charge in [-0.05, 0) is 11.6 Å². The SMILES string of the molecule is C=C(/C=C/CC)C([Si](CC)(CC)CC)[Si](CC)(CC)CC. The summed E-state index contributed by atoms with van der Waals surface area (Å²) in [4.78, 5) is 0. The molecule has 0 fully saturated rings. The molecule has 0 heterocycles. The van der Waals surface area contributed by atoms with Crippen LogP contribution >= 0.6 is 0 Å². The largest absolute Gasteiger partial charge is 0.0961 e. The highest BCUT2D eigenvalue weighted by molar-refractivity contribution is 7.00. The second-order valence-electron chi connectivity index (χ2n) is 6.66. The summed E-state index contributed by atoms with van der Waals surface area (Å²) in [6.07, 6.45) is 5.84. The summed E-state index contributed by atoms with van der Waals surface area (Å²) < 4.78 is 0. The molecule has 0 aromatic rings. The minimum atomic E-state index is -1.25. The van der Waals surface area contributed by atoms with Crippen molar-refractivity contribution in [1.29, 1.82) is 0 Å². The Balaban J connectivity index is 5.98. The molecular formula is C19H40Si2. The highest BCUT2D eigenvalue weighted by atomic mass is 28.4. The van der Waals surface area contributed by atoms with Crippen LogP contribution in [0.25, 0.3) is 0 Å². The maximum atomic E-state index is 4.59. The van der Waals surface area contributed by atoms with Gasteiger partial charge in [0.2, 0.25) is 0 Å². The number of rotatable bonds is 11. The molecule has 21 heavy (non-hydrogen) atoms. The summed E-state index contributed by atoms with van der Waals surface area (Å²) in [6, 6.07) is 8.57. The molecule has 0 N–H and O–H groups in total. The first-order valence-corrected chi connectivity index (χ1v) is 14.7. The molecule has 0 amide bonds. The van der Waals surface area contributed by atoms with Crippen molar-refractivity contribution < 1.29 is 0 Å². The van der Waals surface area contributed by atoms with Gasteiger partial charge >= 0.3 is 0 Å². The van der Waals surface area contributed by atoms with E-state index >= 15 is 0 Å². The maximum Gasteiger partial charge on any atom is 0.0576 e. The van der Waals surface area contributed by atoms with Crippen LogP contribution < -0.4 is 0 Å². The van der Waals surface area contributed by atoms with Gasteiger partial charge in [-0.25, -0.2) is 0 Å². The van der Waals surface area contributed by atoms with Gasteiger partial charge in [-0.2, -0.15) is 0 Å². The quantitative estimate of drug-likeness (QED) is 0.274. The summed E-state index contributed by atoms with van der Waals surface area (Å²) >= 11 is 0. The third-order valence-electron chi connectivity index (χ3n) is 6.39. The Labute approximate surface area is 137 Å². The van der Waals surface area contributed by atoms with E-state index in [9.17, 15) is 0 Å². The van der Waals surface area contributed by atoms with Crippen LogP contribution in [-0.4, -0.2) is 16.1 Å². The zero-order chi connectivity index (χ0) is 16.5. The monoisotopic (exact) mass is 324 g/mol. The van der Waals surface area contributed by atoms with Gasteiger partial charge in [0, 0.05) is 0 Å². The molecule has 0 bridgehead atoms. The molecule has 0 rings (SSSR count). The maximum absolute atomic E-state index is 4.59. The minimum absolute atomic E-state index is 0.882. The molecular weight excluding hydrogens is 284 g/mol.